The minimum absolute atomic E-state index is 0.0323. The van der Waals surface area contributed by atoms with Gasteiger partial charge in [0.1, 0.15) is 0 Å². The van der Waals surface area contributed by atoms with E-state index in [1.165, 1.54) is 21.3 Å². The number of carbonyl (C=O) groups excluding carboxylic acids is 1. The van der Waals surface area contributed by atoms with Crippen molar-refractivity contribution in [3.8, 4) is 11.4 Å². The molecule has 0 bridgehead atoms. The number of amides is 1. The van der Waals surface area contributed by atoms with Crippen LogP contribution in [-0.4, -0.2) is 64.4 Å². The monoisotopic (exact) mass is 395 g/mol. The summed E-state index contributed by atoms with van der Waals surface area (Å²) in [5.41, 5.74) is 1.98. The van der Waals surface area contributed by atoms with Gasteiger partial charge in [0.25, 0.3) is 0 Å². The summed E-state index contributed by atoms with van der Waals surface area (Å²) in [6, 6.07) is 7.50. The molecule has 1 atom stereocenters. The zero-order chi connectivity index (χ0) is 18.9. The lowest BCUT2D eigenvalue weighted by molar-refractivity contribution is -0.128. The molecule has 1 aromatic heterocycles. The lowest BCUT2D eigenvalue weighted by Crippen LogP contribution is -2.38. The van der Waals surface area contributed by atoms with E-state index in [1.54, 1.807) is 7.05 Å². The Labute approximate surface area is 156 Å². The van der Waals surface area contributed by atoms with E-state index in [4.69, 9.17) is 5.84 Å². The SMILES string of the molecule is Cc1ccc(-c2nnc(SCC(=O)N(C)C3CCS(=O)(=O)C3)n2N)cc1. The standard InChI is InChI=1S/C16H21N5O3S2/c1-11-3-5-12(6-4-11)15-18-19-16(21(15)17)25-9-14(22)20(2)13-7-8-26(23,24)10-13/h3-6,13H,7-10,17H2,1-2H3. The number of nitrogen functional groups attached to an aromatic ring is 1. The fraction of sp³-hybridized carbons (Fsp3) is 0.438. The molecule has 2 heterocycles. The number of sulfone groups is 1. The van der Waals surface area contributed by atoms with Crippen LogP contribution in [0.3, 0.4) is 0 Å². The lowest BCUT2D eigenvalue weighted by atomic mass is 10.1. The van der Waals surface area contributed by atoms with Crippen molar-refractivity contribution in [3.63, 3.8) is 0 Å². The maximum atomic E-state index is 12.4. The van der Waals surface area contributed by atoms with E-state index < -0.39 is 9.84 Å². The van der Waals surface area contributed by atoms with Crippen LogP contribution in [0.2, 0.25) is 0 Å². The van der Waals surface area contributed by atoms with Crippen molar-refractivity contribution in [3.05, 3.63) is 29.8 Å². The molecule has 1 fully saturated rings. The minimum Gasteiger partial charge on any atom is -0.341 e. The number of rotatable bonds is 5. The van der Waals surface area contributed by atoms with Gasteiger partial charge in [0.15, 0.2) is 15.7 Å². The maximum absolute atomic E-state index is 12.4. The number of hydrogen-bond acceptors (Lipinski definition) is 7. The third kappa shape index (κ3) is 4.01. The van der Waals surface area contributed by atoms with Crippen molar-refractivity contribution in [2.45, 2.75) is 24.5 Å². The molecule has 0 radical (unpaired) electrons. The second-order valence-corrected chi connectivity index (χ2v) is 9.56. The summed E-state index contributed by atoms with van der Waals surface area (Å²) in [5, 5.41) is 8.58. The molecule has 1 aliphatic heterocycles. The summed E-state index contributed by atoms with van der Waals surface area (Å²) in [6.07, 6.45) is 0.486. The van der Waals surface area contributed by atoms with E-state index in [0.29, 0.717) is 17.4 Å². The molecule has 0 saturated carbocycles. The number of hydrogen-bond donors (Lipinski definition) is 1. The number of carbonyl (C=O) groups is 1. The van der Waals surface area contributed by atoms with Crippen LogP contribution in [0.5, 0.6) is 0 Å². The summed E-state index contributed by atoms with van der Waals surface area (Å²) >= 11 is 1.18. The molecule has 2 aromatic rings. The number of benzene rings is 1. The van der Waals surface area contributed by atoms with Crippen LogP contribution < -0.4 is 5.84 Å². The first-order valence-electron chi connectivity index (χ1n) is 8.13. The predicted molar refractivity (Wildman–Crippen MR) is 101 cm³/mol. The molecule has 1 aliphatic rings. The molecular weight excluding hydrogens is 374 g/mol. The van der Waals surface area contributed by atoms with Gasteiger partial charge in [0.2, 0.25) is 11.1 Å². The lowest BCUT2D eigenvalue weighted by Gasteiger charge is -2.23. The normalized spacial score (nSPS) is 18.8. The molecule has 3 rings (SSSR count). The Balaban J connectivity index is 1.63. The van der Waals surface area contributed by atoms with Crippen molar-refractivity contribution in [1.82, 2.24) is 19.8 Å². The number of aromatic nitrogens is 3. The Morgan fingerprint density at radius 2 is 2.04 bits per heavy atom. The Morgan fingerprint density at radius 1 is 1.35 bits per heavy atom. The number of aryl methyl sites for hydroxylation is 1. The Morgan fingerprint density at radius 3 is 2.65 bits per heavy atom. The van der Waals surface area contributed by atoms with Crippen molar-refractivity contribution in [2.75, 3.05) is 30.1 Å². The average Bonchev–Trinajstić information content (AvgIpc) is 3.15. The van der Waals surface area contributed by atoms with Gasteiger partial charge < -0.3 is 10.7 Å². The van der Waals surface area contributed by atoms with E-state index in [-0.39, 0.29) is 29.2 Å². The third-order valence-corrected chi connectivity index (χ3v) is 7.13. The molecule has 1 unspecified atom stereocenters. The van der Waals surface area contributed by atoms with Gasteiger partial charge in [-0.1, -0.05) is 41.6 Å². The quantitative estimate of drug-likeness (QED) is 0.586. The van der Waals surface area contributed by atoms with Gasteiger partial charge in [0.05, 0.1) is 17.3 Å². The van der Waals surface area contributed by atoms with Crippen molar-refractivity contribution in [2.24, 2.45) is 0 Å². The molecule has 140 valence electrons. The van der Waals surface area contributed by atoms with Crippen LogP contribution in [0.4, 0.5) is 0 Å². The number of nitrogens with zero attached hydrogens (tertiary/aromatic N) is 4. The molecule has 0 aliphatic carbocycles. The van der Waals surface area contributed by atoms with Crippen LogP contribution in [-0.2, 0) is 14.6 Å². The van der Waals surface area contributed by atoms with Crippen LogP contribution in [0, 0.1) is 6.92 Å². The molecular formula is C16H21N5O3S2. The molecule has 1 amide bonds. The van der Waals surface area contributed by atoms with Gasteiger partial charge in [-0.05, 0) is 13.3 Å². The highest BCUT2D eigenvalue weighted by atomic mass is 32.2. The summed E-state index contributed by atoms with van der Waals surface area (Å²) < 4.78 is 24.5. The highest BCUT2D eigenvalue weighted by molar-refractivity contribution is 7.99. The van der Waals surface area contributed by atoms with Gasteiger partial charge in [-0.3, -0.25) is 4.79 Å². The fourth-order valence-electron chi connectivity index (χ4n) is 2.79. The zero-order valence-electron chi connectivity index (χ0n) is 14.6. The van der Waals surface area contributed by atoms with Crippen molar-refractivity contribution >= 4 is 27.5 Å². The minimum atomic E-state index is -3.03. The average molecular weight is 396 g/mol. The van der Waals surface area contributed by atoms with Gasteiger partial charge in [-0.2, -0.15) is 0 Å². The summed E-state index contributed by atoms with van der Waals surface area (Å²) in [5.74, 6) is 6.72. The van der Waals surface area contributed by atoms with Gasteiger partial charge in [-0.25, -0.2) is 13.1 Å². The third-order valence-electron chi connectivity index (χ3n) is 4.45. The largest absolute Gasteiger partial charge is 0.341 e. The van der Waals surface area contributed by atoms with Crippen LogP contribution in [0.25, 0.3) is 11.4 Å². The van der Waals surface area contributed by atoms with Crippen LogP contribution in [0.15, 0.2) is 29.4 Å². The zero-order valence-corrected chi connectivity index (χ0v) is 16.3. The maximum Gasteiger partial charge on any atom is 0.233 e. The molecule has 8 nitrogen and oxygen atoms in total. The highest BCUT2D eigenvalue weighted by Gasteiger charge is 2.32. The van der Waals surface area contributed by atoms with E-state index in [1.807, 2.05) is 31.2 Å². The van der Waals surface area contributed by atoms with E-state index in [2.05, 4.69) is 10.2 Å². The first-order chi connectivity index (χ1) is 12.3. The summed E-state index contributed by atoms with van der Waals surface area (Å²) in [6.45, 7) is 2.00. The molecule has 26 heavy (non-hydrogen) atoms. The fourth-order valence-corrected chi connectivity index (χ4v) is 5.34. The highest BCUT2D eigenvalue weighted by Crippen LogP contribution is 2.23. The predicted octanol–water partition coefficient (Wildman–Crippen LogP) is 0.705. The van der Waals surface area contributed by atoms with E-state index in [9.17, 15) is 13.2 Å². The number of nitrogens with two attached hydrogens (primary N) is 1. The van der Waals surface area contributed by atoms with Gasteiger partial charge in [-0.15, -0.1) is 10.2 Å². The molecule has 1 aromatic carbocycles. The smallest absolute Gasteiger partial charge is 0.233 e. The van der Waals surface area contributed by atoms with Gasteiger partial charge >= 0.3 is 0 Å². The van der Waals surface area contributed by atoms with Crippen LogP contribution in [0.1, 0.15) is 12.0 Å². The van der Waals surface area contributed by atoms with Crippen molar-refractivity contribution in [1.29, 1.82) is 0 Å². The van der Waals surface area contributed by atoms with Crippen molar-refractivity contribution < 1.29 is 13.2 Å². The second kappa shape index (κ2) is 7.28. The van der Waals surface area contributed by atoms with Crippen LogP contribution >= 0.6 is 11.8 Å². The molecule has 2 N–H and O–H groups in total. The van der Waals surface area contributed by atoms with Gasteiger partial charge in [0, 0.05) is 18.7 Å². The second-order valence-electron chi connectivity index (χ2n) is 6.39. The first kappa shape index (κ1) is 18.7. The summed E-state index contributed by atoms with van der Waals surface area (Å²) in [4.78, 5) is 13.9. The number of thioether (sulfide) groups is 1. The Kier molecular flexibility index (Phi) is 5.24. The first-order valence-corrected chi connectivity index (χ1v) is 10.9. The molecule has 0 spiro atoms. The molecule has 10 heteroatoms. The Bertz CT molecular complexity index is 908. The summed E-state index contributed by atoms with van der Waals surface area (Å²) in [7, 11) is -1.39. The van der Waals surface area contributed by atoms with E-state index in [0.717, 1.165) is 11.1 Å². The van der Waals surface area contributed by atoms with E-state index >= 15 is 0 Å². The Hall–Kier alpha value is -2.07. The topological polar surface area (TPSA) is 111 Å². The molecule has 1 saturated heterocycles.